The summed E-state index contributed by atoms with van der Waals surface area (Å²) in [7, 11) is 1.34. The van der Waals surface area contributed by atoms with Gasteiger partial charge in [-0.2, -0.15) is 0 Å². The second kappa shape index (κ2) is 9.71. The van der Waals surface area contributed by atoms with Gasteiger partial charge < -0.3 is 14.8 Å². The van der Waals surface area contributed by atoms with Crippen molar-refractivity contribution in [2.75, 3.05) is 7.11 Å². The smallest absolute Gasteiger partial charge is 0.307 e. The second-order valence-corrected chi connectivity index (χ2v) is 7.10. The summed E-state index contributed by atoms with van der Waals surface area (Å²) in [6.07, 6.45) is 0.0763. The number of nitrogens with one attached hydrogen (secondary N) is 1. The lowest BCUT2D eigenvalue weighted by molar-refractivity contribution is -0.141. The zero-order valence-corrected chi connectivity index (χ0v) is 16.3. The van der Waals surface area contributed by atoms with Crippen LogP contribution in [0.15, 0.2) is 72.1 Å². The molecule has 3 aromatic rings. The fourth-order valence-corrected chi connectivity index (χ4v) is 3.45. The summed E-state index contributed by atoms with van der Waals surface area (Å²) < 4.78 is 10.5. The summed E-state index contributed by atoms with van der Waals surface area (Å²) in [5.41, 5.74) is 1.52. The lowest BCUT2D eigenvalue weighted by Gasteiger charge is -2.17. The molecule has 1 heterocycles. The maximum atomic E-state index is 12.7. The topological polar surface area (TPSA) is 64.6 Å². The highest BCUT2D eigenvalue weighted by molar-refractivity contribution is 7.10. The van der Waals surface area contributed by atoms with Crippen LogP contribution in [0.25, 0.3) is 0 Å². The summed E-state index contributed by atoms with van der Waals surface area (Å²) in [6.45, 7) is 0.423. The standard InChI is InChI=1S/C22H21NO4S/c1-26-21(24)14-19(20-11-6-12-28-20)23-22(25)17-9-5-10-18(13-17)27-15-16-7-3-2-4-8-16/h2-13,19H,14-15H2,1H3,(H,23,25). The first-order valence-corrected chi connectivity index (χ1v) is 9.71. The van der Waals surface area contributed by atoms with Crippen molar-refractivity contribution < 1.29 is 19.1 Å². The van der Waals surface area contributed by atoms with E-state index in [9.17, 15) is 9.59 Å². The fourth-order valence-electron chi connectivity index (χ4n) is 2.67. The molecule has 2 aromatic carbocycles. The highest BCUT2D eigenvalue weighted by Gasteiger charge is 2.20. The lowest BCUT2D eigenvalue weighted by Crippen LogP contribution is -2.30. The Balaban J connectivity index is 1.68. The van der Waals surface area contributed by atoms with Gasteiger partial charge in [-0.1, -0.05) is 42.5 Å². The molecule has 0 aliphatic rings. The summed E-state index contributed by atoms with van der Waals surface area (Å²) in [4.78, 5) is 25.4. The van der Waals surface area contributed by atoms with Crippen molar-refractivity contribution in [1.82, 2.24) is 5.32 Å². The first kappa shape index (κ1) is 19.6. The van der Waals surface area contributed by atoms with E-state index in [2.05, 4.69) is 5.32 Å². The van der Waals surface area contributed by atoms with E-state index in [1.54, 1.807) is 18.2 Å². The van der Waals surface area contributed by atoms with Gasteiger partial charge in [0, 0.05) is 10.4 Å². The van der Waals surface area contributed by atoms with Crippen LogP contribution >= 0.6 is 11.3 Å². The monoisotopic (exact) mass is 395 g/mol. The number of thiophene rings is 1. The second-order valence-electron chi connectivity index (χ2n) is 6.12. The molecular weight excluding hydrogens is 374 g/mol. The van der Waals surface area contributed by atoms with Crippen LogP contribution in [0.2, 0.25) is 0 Å². The Morgan fingerprint density at radius 2 is 1.86 bits per heavy atom. The Morgan fingerprint density at radius 1 is 1.04 bits per heavy atom. The molecule has 0 bridgehead atoms. The third-order valence-corrected chi connectivity index (χ3v) is 5.12. The minimum Gasteiger partial charge on any atom is -0.489 e. The first-order valence-electron chi connectivity index (χ1n) is 8.83. The number of methoxy groups -OCH3 is 1. The van der Waals surface area contributed by atoms with Crippen LogP contribution in [0.1, 0.15) is 33.3 Å². The van der Waals surface area contributed by atoms with Gasteiger partial charge in [0.05, 0.1) is 19.6 Å². The SMILES string of the molecule is COC(=O)CC(NC(=O)c1cccc(OCc2ccccc2)c1)c1cccs1. The zero-order chi connectivity index (χ0) is 19.8. The average molecular weight is 395 g/mol. The minimum absolute atomic E-state index is 0.0763. The van der Waals surface area contributed by atoms with Gasteiger partial charge in [0.15, 0.2) is 0 Å². The number of ether oxygens (including phenoxy) is 2. The Hall–Kier alpha value is -3.12. The van der Waals surface area contributed by atoms with E-state index < -0.39 is 6.04 Å². The summed E-state index contributed by atoms with van der Waals surface area (Å²) in [5.74, 6) is -0.0387. The van der Waals surface area contributed by atoms with E-state index >= 15 is 0 Å². The number of amides is 1. The molecule has 1 amide bonds. The van der Waals surface area contributed by atoms with Crippen LogP contribution in [-0.4, -0.2) is 19.0 Å². The number of carbonyl (C=O) groups is 2. The molecule has 0 fully saturated rings. The minimum atomic E-state index is -0.436. The molecule has 0 aliphatic heterocycles. The summed E-state index contributed by atoms with van der Waals surface area (Å²) in [5, 5.41) is 4.82. The number of carbonyl (C=O) groups excluding carboxylic acids is 2. The van der Waals surface area contributed by atoms with E-state index in [0.717, 1.165) is 10.4 Å². The molecule has 5 nitrogen and oxygen atoms in total. The molecule has 3 rings (SSSR count). The molecule has 1 N–H and O–H groups in total. The van der Waals surface area contributed by atoms with E-state index in [4.69, 9.17) is 9.47 Å². The van der Waals surface area contributed by atoms with Crippen molar-refractivity contribution in [2.24, 2.45) is 0 Å². The van der Waals surface area contributed by atoms with Crippen LogP contribution in [0.5, 0.6) is 5.75 Å². The third-order valence-electron chi connectivity index (χ3n) is 4.13. The molecule has 1 aromatic heterocycles. The quantitative estimate of drug-likeness (QED) is 0.576. The van der Waals surface area contributed by atoms with Gasteiger partial charge >= 0.3 is 5.97 Å². The largest absolute Gasteiger partial charge is 0.489 e. The number of benzene rings is 2. The summed E-state index contributed by atoms with van der Waals surface area (Å²) in [6, 6.07) is 20.2. The molecule has 1 unspecified atom stereocenters. The molecule has 0 saturated carbocycles. The lowest BCUT2D eigenvalue weighted by atomic mass is 10.1. The van der Waals surface area contributed by atoms with Crippen LogP contribution in [0.3, 0.4) is 0 Å². The number of hydrogen-bond acceptors (Lipinski definition) is 5. The third kappa shape index (κ3) is 5.44. The summed E-state index contributed by atoms with van der Waals surface area (Å²) >= 11 is 1.48. The predicted octanol–water partition coefficient (Wildman–Crippen LogP) is 4.36. The van der Waals surface area contributed by atoms with Gasteiger partial charge in [0.25, 0.3) is 5.91 Å². The van der Waals surface area contributed by atoms with Gasteiger partial charge in [-0.05, 0) is 35.2 Å². The Labute approximate surface area is 167 Å². The molecule has 144 valence electrons. The molecular formula is C22H21NO4S. The zero-order valence-electron chi connectivity index (χ0n) is 15.5. The predicted molar refractivity (Wildman–Crippen MR) is 108 cm³/mol. The first-order chi connectivity index (χ1) is 13.7. The molecule has 6 heteroatoms. The normalized spacial score (nSPS) is 11.5. The molecule has 28 heavy (non-hydrogen) atoms. The average Bonchev–Trinajstić information content (AvgIpc) is 3.27. The van der Waals surface area contributed by atoms with Gasteiger partial charge in [0.2, 0.25) is 0 Å². The van der Waals surface area contributed by atoms with Crippen molar-refractivity contribution in [1.29, 1.82) is 0 Å². The highest BCUT2D eigenvalue weighted by atomic mass is 32.1. The van der Waals surface area contributed by atoms with Crippen LogP contribution in [0.4, 0.5) is 0 Å². The molecule has 0 spiro atoms. The molecule has 0 aliphatic carbocycles. The van der Waals surface area contributed by atoms with Crippen molar-refractivity contribution >= 4 is 23.2 Å². The van der Waals surface area contributed by atoms with Gasteiger partial charge in [-0.25, -0.2) is 0 Å². The maximum absolute atomic E-state index is 12.7. The number of esters is 1. The van der Waals surface area contributed by atoms with E-state index in [1.807, 2.05) is 53.9 Å². The number of rotatable bonds is 8. The van der Waals surface area contributed by atoms with Gasteiger partial charge in [0.1, 0.15) is 12.4 Å². The highest BCUT2D eigenvalue weighted by Crippen LogP contribution is 2.23. The fraction of sp³-hybridized carbons (Fsp3) is 0.182. The van der Waals surface area contributed by atoms with Crippen LogP contribution < -0.4 is 10.1 Å². The Bertz CT molecular complexity index is 909. The van der Waals surface area contributed by atoms with Crippen molar-refractivity contribution in [3.63, 3.8) is 0 Å². The van der Waals surface area contributed by atoms with Gasteiger partial charge in [-0.3, -0.25) is 9.59 Å². The Morgan fingerprint density at radius 3 is 2.57 bits per heavy atom. The maximum Gasteiger partial charge on any atom is 0.307 e. The molecule has 0 saturated heterocycles. The van der Waals surface area contributed by atoms with Crippen molar-refractivity contribution in [2.45, 2.75) is 19.1 Å². The van der Waals surface area contributed by atoms with Gasteiger partial charge in [-0.15, -0.1) is 11.3 Å². The van der Waals surface area contributed by atoms with Crippen molar-refractivity contribution in [3.05, 3.63) is 88.1 Å². The van der Waals surface area contributed by atoms with Crippen LogP contribution in [0, 0.1) is 0 Å². The molecule has 1 atom stereocenters. The van der Waals surface area contributed by atoms with E-state index in [-0.39, 0.29) is 18.3 Å². The van der Waals surface area contributed by atoms with E-state index in [0.29, 0.717) is 17.9 Å². The number of hydrogen-bond donors (Lipinski definition) is 1. The van der Waals surface area contributed by atoms with Crippen LogP contribution in [-0.2, 0) is 16.1 Å². The molecule has 0 radical (unpaired) electrons. The van der Waals surface area contributed by atoms with Crippen molar-refractivity contribution in [3.8, 4) is 5.75 Å². The Kier molecular flexibility index (Phi) is 6.81. The van der Waals surface area contributed by atoms with E-state index in [1.165, 1.54) is 18.4 Å².